The predicted octanol–water partition coefficient (Wildman–Crippen LogP) is 3.10. The van der Waals surface area contributed by atoms with Crippen LogP contribution in [0.2, 0.25) is 0 Å². The zero-order chi connectivity index (χ0) is 18.8. The highest BCUT2D eigenvalue weighted by atomic mass is 16.5. The molecule has 2 bridgehead atoms. The zero-order valence-corrected chi connectivity index (χ0v) is 16.7. The second-order valence-electron chi connectivity index (χ2n) is 7.94. The molecule has 26 heavy (non-hydrogen) atoms. The maximum atomic E-state index is 12.9. The fourth-order valence-corrected chi connectivity index (χ4v) is 4.22. The van der Waals surface area contributed by atoms with Gasteiger partial charge in [0.2, 0.25) is 5.91 Å². The van der Waals surface area contributed by atoms with Crippen molar-refractivity contribution in [2.24, 2.45) is 5.92 Å². The number of hydrogen-bond acceptors (Lipinski definition) is 4. The predicted molar refractivity (Wildman–Crippen MR) is 103 cm³/mol. The number of aryl methyl sites for hydroxylation is 1. The smallest absolute Gasteiger partial charge is 0.227 e. The number of pyridine rings is 1. The van der Waals surface area contributed by atoms with Gasteiger partial charge in [-0.1, -0.05) is 11.6 Å². The highest BCUT2D eigenvalue weighted by molar-refractivity contribution is 5.80. The van der Waals surface area contributed by atoms with Gasteiger partial charge in [-0.05, 0) is 40.5 Å². The molecule has 3 aliphatic heterocycles. The van der Waals surface area contributed by atoms with Gasteiger partial charge in [-0.25, -0.2) is 0 Å². The largest absolute Gasteiger partial charge is 0.496 e. The first kappa shape index (κ1) is 18.9. The van der Waals surface area contributed by atoms with Gasteiger partial charge in [-0.3, -0.25) is 14.7 Å². The van der Waals surface area contributed by atoms with Crippen molar-refractivity contribution in [2.75, 3.05) is 26.7 Å². The van der Waals surface area contributed by atoms with Crippen LogP contribution in [0.1, 0.15) is 43.5 Å². The second-order valence-corrected chi connectivity index (χ2v) is 7.94. The molecule has 1 aromatic rings. The maximum Gasteiger partial charge on any atom is 0.227 e. The average molecular weight is 357 g/mol. The first-order valence-corrected chi connectivity index (χ1v) is 9.56. The van der Waals surface area contributed by atoms with Gasteiger partial charge in [0, 0.05) is 49.5 Å². The van der Waals surface area contributed by atoms with E-state index in [1.165, 1.54) is 5.57 Å². The lowest BCUT2D eigenvalue weighted by Gasteiger charge is -2.35. The van der Waals surface area contributed by atoms with Crippen molar-refractivity contribution in [3.8, 4) is 5.75 Å². The number of carbonyl (C=O) groups excluding carboxylic acids is 1. The first-order chi connectivity index (χ1) is 12.4. The molecule has 5 nitrogen and oxygen atoms in total. The third kappa shape index (κ3) is 3.78. The standard InChI is InChI=1S/C21H31N3O2/c1-14(2)8-9-24-18-7-6-17(21(24)25)11-23(12-18)13-19-16(4)20(26-5)15(3)10-22-19/h8,10,17-18H,6-7,9,11-13H2,1-5H3/t17-,18+/m0/s1. The Hall–Kier alpha value is -1.88. The van der Waals surface area contributed by atoms with Crippen LogP contribution < -0.4 is 4.74 Å². The minimum atomic E-state index is 0.118. The van der Waals surface area contributed by atoms with Crippen LogP contribution in [0.15, 0.2) is 17.8 Å². The summed E-state index contributed by atoms with van der Waals surface area (Å²) in [6.45, 7) is 11.6. The monoisotopic (exact) mass is 357 g/mol. The maximum absolute atomic E-state index is 12.9. The third-order valence-corrected chi connectivity index (χ3v) is 5.69. The van der Waals surface area contributed by atoms with E-state index in [9.17, 15) is 4.79 Å². The number of piperidine rings is 1. The molecule has 1 amide bonds. The summed E-state index contributed by atoms with van der Waals surface area (Å²) in [6, 6.07) is 0.310. The summed E-state index contributed by atoms with van der Waals surface area (Å²) < 4.78 is 5.55. The van der Waals surface area contributed by atoms with Crippen molar-refractivity contribution >= 4 is 5.91 Å². The van der Waals surface area contributed by atoms with E-state index in [1.807, 2.05) is 13.1 Å². The Morgan fingerprint density at radius 3 is 2.77 bits per heavy atom. The van der Waals surface area contributed by atoms with E-state index in [4.69, 9.17) is 4.74 Å². The van der Waals surface area contributed by atoms with E-state index < -0.39 is 0 Å². The summed E-state index contributed by atoms with van der Waals surface area (Å²) in [7, 11) is 1.71. The van der Waals surface area contributed by atoms with E-state index in [1.54, 1.807) is 7.11 Å². The molecule has 0 radical (unpaired) electrons. The molecule has 3 saturated heterocycles. The zero-order valence-electron chi connectivity index (χ0n) is 16.7. The molecule has 0 N–H and O–H groups in total. The van der Waals surface area contributed by atoms with Crippen LogP contribution in [-0.4, -0.2) is 53.5 Å². The van der Waals surface area contributed by atoms with Gasteiger partial charge in [0.15, 0.2) is 0 Å². The minimum absolute atomic E-state index is 0.118. The number of hydrogen-bond donors (Lipinski definition) is 0. The first-order valence-electron chi connectivity index (χ1n) is 9.56. The summed E-state index contributed by atoms with van der Waals surface area (Å²) in [4.78, 5) is 22.0. The second kappa shape index (κ2) is 7.78. The Morgan fingerprint density at radius 2 is 2.08 bits per heavy atom. The van der Waals surface area contributed by atoms with Gasteiger partial charge in [0.25, 0.3) is 0 Å². The number of allylic oxidation sites excluding steroid dienone is 1. The molecule has 3 fully saturated rings. The molecule has 0 saturated carbocycles. The lowest BCUT2D eigenvalue weighted by atomic mass is 9.94. The van der Waals surface area contributed by atoms with Crippen LogP contribution in [0, 0.1) is 19.8 Å². The van der Waals surface area contributed by atoms with Crippen molar-refractivity contribution in [3.05, 3.63) is 34.7 Å². The van der Waals surface area contributed by atoms with Crippen LogP contribution in [0.25, 0.3) is 0 Å². The summed E-state index contributed by atoms with van der Waals surface area (Å²) in [5, 5.41) is 0. The molecule has 4 rings (SSSR count). The number of nitrogens with zero attached hydrogens (tertiary/aromatic N) is 3. The number of amides is 1. The lowest BCUT2D eigenvalue weighted by molar-refractivity contribution is -0.139. The van der Waals surface area contributed by atoms with Crippen molar-refractivity contribution in [1.82, 2.24) is 14.8 Å². The molecule has 0 aromatic carbocycles. The quantitative estimate of drug-likeness (QED) is 0.760. The van der Waals surface area contributed by atoms with E-state index in [-0.39, 0.29) is 5.92 Å². The molecule has 2 atom stereocenters. The normalized spacial score (nSPS) is 23.1. The SMILES string of the molecule is COc1c(C)cnc(CN2C[C@@H]3CC[C@H](C2)N(CC=C(C)C)C3=O)c1C. The van der Waals surface area contributed by atoms with E-state index in [0.717, 1.165) is 61.6 Å². The minimum Gasteiger partial charge on any atom is -0.496 e. The fraction of sp³-hybridized carbons (Fsp3) is 0.619. The summed E-state index contributed by atoms with van der Waals surface area (Å²) in [5.41, 5.74) is 4.49. The van der Waals surface area contributed by atoms with Crippen LogP contribution in [0.4, 0.5) is 0 Å². The fourth-order valence-electron chi connectivity index (χ4n) is 4.22. The molecule has 1 aromatic heterocycles. The molecule has 0 spiro atoms. The number of fused-ring (bicyclic) bond motifs is 4. The third-order valence-electron chi connectivity index (χ3n) is 5.69. The molecule has 0 aliphatic carbocycles. The Balaban J connectivity index is 1.78. The molecule has 0 unspecified atom stereocenters. The summed E-state index contributed by atoms with van der Waals surface area (Å²) in [5.74, 6) is 1.37. The Bertz CT molecular complexity index is 709. The topological polar surface area (TPSA) is 45.7 Å². The van der Waals surface area contributed by atoms with Crippen LogP contribution in [0.5, 0.6) is 5.75 Å². The number of methoxy groups -OCH3 is 1. The van der Waals surface area contributed by atoms with Gasteiger partial charge in [-0.2, -0.15) is 0 Å². The Kier molecular flexibility index (Phi) is 5.66. The van der Waals surface area contributed by atoms with Crippen molar-refractivity contribution in [2.45, 2.75) is 53.1 Å². The molecular weight excluding hydrogens is 326 g/mol. The highest BCUT2D eigenvalue weighted by Gasteiger charge is 2.40. The van der Waals surface area contributed by atoms with Crippen molar-refractivity contribution in [1.29, 1.82) is 0 Å². The number of aromatic nitrogens is 1. The molecule has 142 valence electrons. The number of ether oxygens (including phenoxy) is 1. The van der Waals surface area contributed by atoms with Crippen LogP contribution in [0.3, 0.4) is 0 Å². The van der Waals surface area contributed by atoms with Gasteiger partial charge in [-0.15, -0.1) is 0 Å². The molecule has 3 aliphatic rings. The summed E-state index contributed by atoms with van der Waals surface area (Å²) in [6.07, 6.45) is 6.17. The van der Waals surface area contributed by atoms with Crippen molar-refractivity contribution in [3.63, 3.8) is 0 Å². The van der Waals surface area contributed by atoms with Gasteiger partial charge < -0.3 is 9.64 Å². The van der Waals surface area contributed by atoms with E-state index in [0.29, 0.717) is 11.9 Å². The highest BCUT2D eigenvalue weighted by Crippen LogP contribution is 2.31. The van der Waals surface area contributed by atoms with Crippen LogP contribution >= 0.6 is 0 Å². The lowest BCUT2D eigenvalue weighted by Crippen LogP contribution is -2.47. The number of carbonyl (C=O) groups is 1. The molecular formula is C21H31N3O2. The van der Waals surface area contributed by atoms with Crippen molar-refractivity contribution < 1.29 is 9.53 Å². The van der Waals surface area contributed by atoms with E-state index in [2.05, 4.69) is 41.6 Å². The van der Waals surface area contributed by atoms with Gasteiger partial charge in [0.1, 0.15) is 5.75 Å². The Labute approximate surface area is 157 Å². The van der Waals surface area contributed by atoms with Gasteiger partial charge >= 0.3 is 0 Å². The molecule has 5 heteroatoms. The average Bonchev–Trinajstić information content (AvgIpc) is 2.86. The summed E-state index contributed by atoms with van der Waals surface area (Å²) >= 11 is 0. The Morgan fingerprint density at radius 1 is 1.31 bits per heavy atom. The van der Waals surface area contributed by atoms with Crippen LogP contribution in [-0.2, 0) is 11.3 Å². The van der Waals surface area contributed by atoms with Gasteiger partial charge in [0.05, 0.1) is 18.7 Å². The molecule has 4 heterocycles. The van der Waals surface area contributed by atoms with E-state index >= 15 is 0 Å². The number of rotatable bonds is 5.